The van der Waals surface area contributed by atoms with E-state index in [4.69, 9.17) is 9.47 Å². The summed E-state index contributed by atoms with van der Waals surface area (Å²) in [5.74, 6) is 1.35. The summed E-state index contributed by atoms with van der Waals surface area (Å²) >= 11 is 0. The second kappa shape index (κ2) is 14.0. The average Bonchev–Trinajstić information content (AvgIpc) is 3.89. The Hall–Kier alpha value is -4.98. The van der Waals surface area contributed by atoms with E-state index in [1.165, 1.54) is 16.7 Å². The summed E-state index contributed by atoms with van der Waals surface area (Å²) in [5.41, 5.74) is 6.86. The summed E-state index contributed by atoms with van der Waals surface area (Å²) in [6.07, 6.45) is 9.94. The van der Waals surface area contributed by atoms with Gasteiger partial charge in [0.2, 0.25) is 0 Å². The zero-order valence-corrected chi connectivity index (χ0v) is 30.2. The molecule has 2 fully saturated rings. The minimum atomic E-state index is -0.147. The molecular formula is C41H46N6O4. The number of methoxy groups -OCH3 is 2. The molecule has 10 heteroatoms. The highest BCUT2D eigenvalue weighted by atomic mass is 16.5. The molecule has 4 aromatic rings. The topological polar surface area (TPSA) is 104 Å². The number of fused-ring (bicyclic) bond motifs is 2. The fraction of sp³-hybridized carbons (Fsp3) is 0.415. The van der Waals surface area contributed by atoms with E-state index >= 15 is 0 Å². The first-order valence-electron chi connectivity index (χ1n) is 17.8. The molecule has 1 saturated carbocycles. The zero-order valence-electron chi connectivity index (χ0n) is 30.2. The number of carbonyl (C=O) groups excluding carboxylic acids is 1. The fourth-order valence-corrected chi connectivity index (χ4v) is 7.76. The molecule has 2 aromatic heterocycles. The van der Waals surface area contributed by atoms with Crippen molar-refractivity contribution in [3.8, 4) is 28.7 Å². The standard InChI is InChI=1S/C41H46N6O4/c1-27-31-8-6-7-28(32(31)10-14-47(27)39(48)30(22-42)21-41(2)11-12-41)24-45-15-17-46(18-16-45)26-36-37(50-4)19-29(20-38(36)51-5)35-25-44(3)40(49)34-23-43-13-9-33(34)35/h6-9,13,19-21,23,25,27H,10-12,14-18,24,26H2,1-5H3/b30-21+. The van der Waals surface area contributed by atoms with Crippen LogP contribution in [0.3, 0.4) is 0 Å². The molecule has 51 heavy (non-hydrogen) atoms. The third-order valence-electron chi connectivity index (χ3n) is 11.1. The number of hydrogen-bond acceptors (Lipinski definition) is 8. The maximum Gasteiger partial charge on any atom is 0.264 e. The quantitative estimate of drug-likeness (QED) is 0.165. The van der Waals surface area contributed by atoms with Gasteiger partial charge in [0.1, 0.15) is 23.1 Å². The minimum absolute atomic E-state index is 0.00288. The molecule has 10 nitrogen and oxygen atoms in total. The van der Waals surface area contributed by atoms with Gasteiger partial charge in [0.25, 0.3) is 11.5 Å². The smallest absolute Gasteiger partial charge is 0.264 e. The van der Waals surface area contributed by atoms with E-state index in [1.807, 2.05) is 35.4 Å². The lowest BCUT2D eigenvalue weighted by Crippen LogP contribution is -2.45. The number of nitrogens with zero attached hydrogens (tertiary/aromatic N) is 6. The first-order chi connectivity index (χ1) is 24.6. The molecule has 264 valence electrons. The Morgan fingerprint density at radius 3 is 2.35 bits per heavy atom. The van der Waals surface area contributed by atoms with E-state index in [0.717, 1.165) is 85.6 Å². The van der Waals surface area contributed by atoms with Crippen LogP contribution in [0.25, 0.3) is 21.9 Å². The van der Waals surface area contributed by atoms with Crippen LogP contribution < -0.4 is 15.0 Å². The molecule has 1 atom stereocenters. The highest BCUT2D eigenvalue weighted by molar-refractivity contribution is 5.98. The third-order valence-corrected chi connectivity index (χ3v) is 11.1. The number of aromatic nitrogens is 2. The molecule has 0 bridgehead atoms. The van der Waals surface area contributed by atoms with Gasteiger partial charge in [-0.2, -0.15) is 5.26 Å². The van der Waals surface area contributed by atoms with E-state index in [1.54, 1.807) is 38.2 Å². The van der Waals surface area contributed by atoms with Crippen molar-refractivity contribution >= 4 is 16.7 Å². The van der Waals surface area contributed by atoms with Crippen LogP contribution in [0.1, 0.15) is 55.0 Å². The van der Waals surface area contributed by atoms with Crippen molar-refractivity contribution in [1.82, 2.24) is 24.3 Å². The minimum Gasteiger partial charge on any atom is -0.496 e. The number of aryl methyl sites for hydroxylation is 1. The number of rotatable bonds is 9. The number of hydrogen-bond donors (Lipinski definition) is 0. The number of carbonyl (C=O) groups is 1. The Morgan fingerprint density at radius 2 is 1.71 bits per heavy atom. The predicted molar refractivity (Wildman–Crippen MR) is 197 cm³/mol. The summed E-state index contributed by atoms with van der Waals surface area (Å²) in [6, 6.07) is 14.5. The van der Waals surface area contributed by atoms with Crippen LogP contribution in [0.15, 0.2) is 71.4 Å². The molecule has 1 aliphatic carbocycles. The maximum absolute atomic E-state index is 13.4. The molecule has 2 aromatic carbocycles. The van der Waals surface area contributed by atoms with Gasteiger partial charge in [0.15, 0.2) is 0 Å². The van der Waals surface area contributed by atoms with Gasteiger partial charge in [-0.25, -0.2) is 0 Å². The molecule has 2 aliphatic heterocycles. The lowest BCUT2D eigenvalue weighted by atomic mass is 9.89. The Labute approximate surface area is 299 Å². The zero-order chi connectivity index (χ0) is 35.9. The normalized spacial score (nSPS) is 19.0. The number of nitriles is 1. The Kier molecular flexibility index (Phi) is 9.44. The van der Waals surface area contributed by atoms with Crippen LogP contribution in [0.2, 0.25) is 0 Å². The number of piperazine rings is 1. The summed E-state index contributed by atoms with van der Waals surface area (Å²) in [4.78, 5) is 37.2. The van der Waals surface area contributed by atoms with Gasteiger partial charge in [-0.3, -0.25) is 24.4 Å². The van der Waals surface area contributed by atoms with Crippen molar-refractivity contribution in [2.45, 2.75) is 52.2 Å². The Morgan fingerprint density at radius 1 is 1.02 bits per heavy atom. The number of benzene rings is 2. The van der Waals surface area contributed by atoms with Crippen LogP contribution >= 0.6 is 0 Å². The molecule has 4 heterocycles. The monoisotopic (exact) mass is 686 g/mol. The van der Waals surface area contributed by atoms with Crippen molar-refractivity contribution in [2.24, 2.45) is 12.5 Å². The second-order valence-corrected chi connectivity index (χ2v) is 14.5. The predicted octanol–water partition coefficient (Wildman–Crippen LogP) is 5.63. The number of amides is 1. The van der Waals surface area contributed by atoms with Crippen molar-refractivity contribution in [1.29, 1.82) is 5.26 Å². The average molecular weight is 687 g/mol. The van der Waals surface area contributed by atoms with Gasteiger partial charge in [-0.05, 0) is 77.4 Å². The molecule has 0 N–H and O–H groups in total. The van der Waals surface area contributed by atoms with E-state index in [2.05, 4.69) is 52.9 Å². The van der Waals surface area contributed by atoms with Crippen molar-refractivity contribution in [2.75, 3.05) is 46.9 Å². The van der Waals surface area contributed by atoms with Gasteiger partial charge in [0, 0.05) is 77.0 Å². The van der Waals surface area contributed by atoms with Gasteiger partial charge in [0.05, 0.1) is 31.2 Å². The Balaban J connectivity index is 1.03. The van der Waals surface area contributed by atoms with Crippen LogP contribution in [0, 0.1) is 16.7 Å². The SMILES string of the molecule is COc1cc(-c2cn(C)c(=O)c3cnccc23)cc(OC)c1CN1CCN(Cc2cccc3c2CCN(C(=O)/C(C#N)=C/C2(C)CC2)C3C)CC1. The molecule has 1 unspecified atom stereocenters. The Bertz CT molecular complexity index is 2090. The lowest BCUT2D eigenvalue weighted by molar-refractivity contribution is -0.129. The van der Waals surface area contributed by atoms with Gasteiger partial charge >= 0.3 is 0 Å². The van der Waals surface area contributed by atoms with Crippen LogP contribution in [0.4, 0.5) is 0 Å². The first-order valence-corrected chi connectivity index (χ1v) is 17.8. The molecule has 0 spiro atoms. The summed E-state index contributed by atoms with van der Waals surface area (Å²) in [6.45, 7) is 10.0. The van der Waals surface area contributed by atoms with E-state index in [9.17, 15) is 14.9 Å². The summed E-state index contributed by atoms with van der Waals surface area (Å²) in [5, 5.41) is 11.2. The highest BCUT2D eigenvalue weighted by Crippen LogP contribution is 2.47. The van der Waals surface area contributed by atoms with Gasteiger partial charge in [-0.15, -0.1) is 0 Å². The number of ether oxygens (including phenoxy) is 2. The number of pyridine rings is 2. The van der Waals surface area contributed by atoms with E-state index in [-0.39, 0.29) is 28.5 Å². The first kappa shape index (κ1) is 34.5. The molecule has 3 aliphatic rings. The molecule has 1 saturated heterocycles. The van der Waals surface area contributed by atoms with E-state index < -0.39 is 0 Å². The fourth-order valence-electron chi connectivity index (χ4n) is 7.76. The van der Waals surface area contributed by atoms with Crippen molar-refractivity contribution in [3.05, 3.63) is 99.2 Å². The molecular weight excluding hydrogens is 640 g/mol. The van der Waals surface area contributed by atoms with E-state index in [0.29, 0.717) is 18.5 Å². The highest BCUT2D eigenvalue weighted by Gasteiger charge is 2.38. The summed E-state index contributed by atoms with van der Waals surface area (Å²) in [7, 11) is 5.13. The number of allylic oxidation sites excluding steroid dienone is 1. The van der Waals surface area contributed by atoms with Crippen molar-refractivity contribution in [3.63, 3.8) is 0 Å². The van der Waals surface area contributed by atoms with Gasteiger partial charge in [-0.1, -0.05) is 31.2 Å². The maximum atomic E-state index is 13.4. The largest absolute Gasteiger partial charge is 0.496 e. The molecule has 7 rings (SSSR count). The van der Waals surface area contributed by atoms with Gasteiger partial charge < -0.3 is 18.9 Å². The van der Waals surface area contributed by atoms with Crippen LogP contribution in [0.5, 0.6) is 11.5 Å². The third kappa shape index (κ3) is 6.76. The second-order valence-electron chi connectivity index (χ2n) is 14.5. The van der Waals surface area contributed by atoms with Crippen LogP contribution in [-0.4, -0.2) is 77.1 Å². The lowest BCUT2D eigenvalue weighted by Gasteiger charge is -2.38. The molecule has 1 amide bonds. The molecule has 0 radical (unpaired) electrons. The summed E-state index contributed by atoms with van der Waals surface area (Å²) < 4.78 is 13.5. The van der Waals surface area contributed by atoms with Crippen molar-refractivity contribution < 1.29 is 14.3 Å². The van der Waals surface area contributed by atoms with Crippen LogP contribution in [-0.2, 0) is 31.4 Å².